The van der Waals surface area contributed by atoms with Crippen LogP contribution in [0.25, 0.3) is 22.4 Å². The van der Waals surface area contributed by atoms with Crippen LogP contribution in [0.4, 0.5) is 8.78 Å². The summed E-state index contributed by atoms with van der Waals surface area (Å²) in [6, 6.07) is 12.0. The van der Waals surface area contributed by atoms with Crippen LogP contribution < -0.4 is 5.43 Å². The standard InChI is InChI=1S/C20H15F2N5O/c1-12-14(10-24-19(25-12)16-7-4-5-9-23-16)20(28)26-27-11-15(18(21)22)13-6-2-3-8-17(13)27/h2-11,18H,1H3,(H,26,28). The molecule has 0 bridgehead atoms. The first-order valence-corrected chi connectivity index (χ1v) is 8.49. The van der Waals surface area contributed by atoms with Crippen molar-refractivity contribution < 1.29 is 13.6 Å². The Morgan fingerprint density at radius 1 is 1.11 bits per heavy atom. The van der Waals surface area contributed by atoms with E-state index in [0.717, 1.165) is 0 Å². The van der Waals surface area contributed by atoms with Crippen molar-refractivity contribution in [1.82, 2.24) is 19.6 Å². The van der Waals surface area contributed by atoms with Crippen molar-refractivity contribution >= 4 is 16.8 Å². The second kappa shape index (κ2) is 7.15. The summed E-state index contributed by atoms with van der Waals surface area (Å²) in [5.74, 6) is -0.0901. The minimum atomic E-state index is -2.65. The smallest absolute Gasteiger partial charge is 0.267 e. The zero-order chi connectivity index (χ0) is 19.7. The average Bonchev–Trinajstić information content (AvgIpc) is 3.07. The van der Waals surface area contributed by atoms with Crippen LogP contribution in [0.5, 0.6) is 0 Å². The molecule has 1 N–H and O–H groups in total. The van der Waals surface area contributed by atoms with E-state index >= 15 is 0 Å². The van der Waals surface area contributed by atoms with Crippen molar-refractivity contribution in [1.29, 1.82) is 0 Å². The maximum Gasteiger partial charge on any atom is 0.273 e. The van der Waals surface area contributed by atoms with Crippen LogP contribution in [0.1, 0.15) is 28.0 Å². The highest BCUT2D eigenvalue weighted by molar-refractivity contribution is 6.01. The third-order valence-electron chi connectivity index (χ3n) is 4.32. The summed E-state index contributed by atoms with van der Waals surface area (Å²) in [6.07, 6.45) is 1.62. The topological polar surface area (TPSA) is 72.7 Å². The fourth-order valence-corrected chi connectivity index (χ4v) is 2.95. The van der Waals surface area contributed by atoms with Gasteiger partial charge in [0.25, 0.3) is 12.3 Å². The van der Waals surface area contributed by atoms with E-state index in [2.05, 4.69) is 20.4 Å². The summed E-state index contributed by atoms with van der Waals surface area (Å²) in [7, 11) is 0. The molecule has 6 nitrogen and oxygen atoms in total. The Bertz CT molecular complexity index is 1160. The van der Waals surface area contributed by atoms with E-state index in [1.54, 1.807) is 49.5 Å². The lowest BCUT2D eigenvalue weighted by Crippen LogP contribution is -2.23. The van der Waals surface area contributed by atoms with Gasteiger partial charge < -0.3 is 0 Å². The Kier molecular flexibility index (Phi) is 4.52. The Hall–Kier alpha value is -3.68. The number of pyridine rings is 1. The van der Waals surface area contributed by atoms with Gasteiger partial charge in [0, 0.05) is 29.5 Å². The third-order valence-corrected chi connectivity index (χ3v) is 4.32. The molecule has 0 atom stereocenters. The number of amides is 1. The number of nitrogens with one attached hydrogen (secondary N) is 1. The molecular formula is C20H15F2N5O. The number of fused-ring (bicyclic) bond motifs is 1. The highest BCUT2D eigenvalue weighted by atomic mass is 19.3. The molecule has 0 aliphatic carbocycles. The van der Waals surface area contributed by atoms with Gasteiger partial charge in [0.2, 0.25) is 0 Å². The number of halogens is 2. The summed E-state index contributed by atoms with van der Waals surface area (Å²) in [5, 5.41) is 0.385. The first kappa shape index (κ1) is 17.7. The molecule has 140 valence electrons. The van der Waals surface area contributed by atoms with Crippen LogP contribution in [0, 0.1) is 6.92 Å². The first-order valence-electron chi connectivity index (χ1n) is 8.49. The van der Waals surface area contributed by atoms with Gasteiger partial charge in [-0.1, -0.05) is 24.3 Å². The fraction of sp³-hybridized carbons (Fsp3) is 0.100. The molecule has 1 amide bonds. The van der Waals surface area contributed by atoms with Crippen LogP contribution >= 0.6 is 0 Å². The zero-order valence-electron chi connectivity index (χ0n) is 14.8. The molecule has 0 unspecified atom stereocenters. The summed E-state index contributed by atoms with van der Waals surface area (Å²) in [5.41, 5.74) is 4.26. The molecule has 3 heterocycles. The number of para-hydroxylation sites is 1. The predicted octanol–water partition coefficient (Wildman–Crippen LogP) is 4.12. The number of carbonyl (C=O) groups excluding carboxylic acids is 1. The number of nitrogens with zero attached hydrogens (tertiary/aromatic N) is 4. The van der Waals surface area contributed by atoms with Crippen molar-refractivity contribution in [2.45, 2.75) is 13.3 Å². The Morgan fingerprint density at radius 3 is 2.61 bits per heavy atom. The molecule has 8 heteroatoms. The van der Waals surface area contributed by atoms with Gasteiger partial charge >= 0.3 is 0 Å². The molecule has 4 aromatic rings. The molecule has 0 saturated heterocycles. The molecule has 4 rings (SSSR count). The molecule has 0 radical (unpaired) electrons. The van der Waals surface area contributed by atoms with Crippen LogP contribution in [0.2, 0.25) is 0 Å². The molecule has 0 aliphatic rings. The van der Waals surface area contributed by atoms with E-state index in [-0.39, 0.29) is 11.1 Å². The van der Waals surface area contributed by atoms with E-state index < -0.39 is 12.3 Å². The number of rotatable bonds is 4. The van der Waals surface area contributed by atoms with Crippen LogP contribution in [-0.4, -0.2) is 25.5 Å². The Morgan fingerprint density at radius 2 is 1.89 bits per heavy atom. The van der Waals surface area contributed by atoms with Crippen molar-refractivity contribution in [3.63, 3.8) is 0 Å². The molecule has 0 aliphatic heterocycles. The number of aryl methyl sites for hydroxylation is 1. The monoisotopic (exact) mass is 379 g/mol. The minimum absolute atomic E-state index is 0.144. The minimum Gasteiger partial charge on any atom is -0.267 e. The lowest BCUT2D eigenvalue weighted by molar-refractivity contribution is 0.101. The van der Waals surface area contributed by atoms with Gasteiger partial charge in [0.05, 0.1) is 16.8 Å². The Labute approximate surface area is 158 Å². The number of hydrogen-bond acceptors (Lipinski definition) is 4. The quantitative estimate of drug-likeness (QED) is 0.579. The van der Waals surface area contributed by atoms with E-state index in [4.69, 9.17) is 0 Å². The van der Waals surface area contributed by atoms with Crippen LogP contribution in [0.15, 0.2) is 61.1 Å². The third kappa shape index (κ3) is 3.20. The highest BCUT2D eigenvalue weighted by Crippen LogP contribution is 2.29. The zero-order valence-corrected chi connectivity index (χ0v) is 14.8. The fourth-order valence-electron chi connectivity index (χ4n) is 2.95. The van der Waals surface area contributed by atoms with E-state index in [1.165, 1.54) is 17.1 Å². The molecule has 1 aromatic carbocycles. The van der Waals surface area contributed by atoms with Gasteiger partial charge in [-0.05, 0) is 25.1 Å². The van der Waals surface area contributed by atoms with E-state index in [1.807, 2.05) is 6.07 Å². The number of aromatic nitrogens is 4. The number of benzene rings is 1. The van der Waals surface area contributed by atoms with Gasteiger partial charge in [0.15, 0.2) is 5.82 Å². The molecule has 0 saturated carbocycles. The van der Waals surface area contributed by atoms with Gasteiger partial charge in [-0.2, -0.15) is 0 Å². The molecule has 0 spiro atoms. The van der Waals surface area contributed by atoms with Gasteiger partial charge in [-0.3, -0.25) is 19.9 Å². The molecule has 0 fully saturated rings. The van der Waals surface area contributed by atoms with Crippen molar-refractivity contribution in [3.8, 4) is 11.5 Å². The number of alkyl halides is 2. The van der Waals surface area contributed by atoms with E-state index in [0.29, 0.717) is 28.1 Å². The van der Waals surface area contributed by atoms with Crippen LogP contribution in [0.3, 0.4) is 0 Å². The maximum absolute atomic E-state index is 13.3. The molecular weight excluding hydrogens is 364 g/mol. The van der Waals surface area contributed by atoms with Gasteiger partial charge in [-0.15, -0.1) is 0 Å². The first-order chi connectivity index (χ1) is 13.5. The highest BCUT2D eigenvalue weighted by Gasteiger charge is 2.19. The molecule has 3 aromatic heterocycles. The lowest BCUT2D eigenvalue weighted by atomic mass is 10.2. The van der Waals surface area contributed by atoms with E-state index in [9.17, 15) is 13.6 Å². The van der Waals surface area contributed by atoms with Gasteiger partial charge in [-0.25, -0.2) is 18.7 Å². The second-order valence-electron chi connectivity index (χ2n) is 6.12. The van der Waals surface area contributed by atoms with Crippen molar-refractivity contribution in [3.05, 3.63) is 77.9 Å². The average molecular weight is 379 g/mol. The molecule has 28 heavy (non-hydrogen) atoms. The number of hydrogen-bond donors (Lipinski definition) is 1. The maximum atomic E-state index is 13.3. The summed E-state index contributed by atoms with van der Waals surface area (Å²) in [4.78, 5) is 25.4. The summed E-state index contributed by atoms with van der Waals surface area (Å²) in [6.45, 7) is 1.68. The number of carbonyl (C=O) groups is 1. The van der Waals surface area contributed by atoms with Crippen LogP contribution in [-0.2, 0) is 0 Å². The summed E-state index contributed by atoms with van der Waals surface area (Å²) < 4.78 is 27.9. The predicted molar refractivity (Wildman–Crippen MR) is 101 cm³/mol. The van der Waals surface area contributed by atoms with Crippen molar-refractivity contribution in [2.75, 3.05) is 5.43 Å². The second-order valence-corrected chi connectivity index (χ2v) is 6.12. The van der Waals surface area contributed by atoms with Crippen molar-refractivity contribution in [2.24, 2.45) is 0 Å². The normalized spacial score (nSPS) is 11.1. The Balaban J connectivity index is 1.65. The van der Waals surface area contributed by atoms with Gasteiger partial charge in [0.1, 0.15) is 5.69 Å². The SMILES string of the molecule is Cc1nc(-c2ccccn2)ncc1C(=O)Nn1cc(C(F)F)c2ccccc21. The largest absolute Gasteiger partial charge is 0.273 e. The summed E-state index contributed by atoms with van der Waals surface area (Å²) >= 11 is 0. The lowest BCUT2D eigenvalue weighted by Gasteiger charge is -2.10.